The van der Waals surface area contributed by atoms with Gasteiger partial charge in [0, 0.05) is 10.6 Å². The minimum atomic E-state index is 0.272. The summed E-state index contributed by atoms with van der Waals surface area (Å²) in [5.74, 6) is 0.589. The van der Waals surface area contributed by atoms with Crippen LogP contribution in [0.4, 0.5) is 5.82 Å². The lowest BCUT2D eigenvalue weighted by atomic mass is 10.2. The Morgan fingerprint density at radius 3 is 2.88 bits per heavy atom. The lowest BCUT2D eigenvalue weighted by Gasteiger charge is -2.05. The van der Waals surface area contributed by atoms with Crippen LogP contribution in [0.25, 0.3) is 11.3 Å². The van der Waals surface area contributed by atoms with Gasteiger partial charge in [0.15, 0.2) is 5.82 Å². The lowest BCUT2D eigenvalue weighted by molar-refractivity contribution is 0.399. The van der Waals surface area contributed by atoms with Crippen LogP contribution < -0.4 is 10.5 Å². The van der Waals surface area contributed by atoms with Gasteiger partial charge in [-0.05, 0) is 12.1 Å². The van der Waals surface area contributed by atoms with Crippen LogP contribution in [0.5, 0.6) is 5.88 Å². The molecule has 0 bridgehead atoms. The van der Waals surface area contributed by atoms with Gasteiger partial charge in [-0.15, -0.1) is 0 Å². The van der Waals surface area contributed by atoms with Gasteiger partial charge in [0.1, 0.15) is 0 Å². The first-order valence-electron chi connectivity index (χ1n) is 4.63. The highest BCUT2D eigenvalue weighted by atomic mass is 35.5. The maximum Gasteiger partial charge on any atom is 0.257 e. The monoisotopic (exact) mass is 235 g/mol. The van der Waals surface area contributed by atoms with Crippen LogP contribution >= 0.6 is 11.6 Å². The molecule has 0 saturated carbocycles. The maximum atomic E-state index is 5.90. The van der Waals surface area contributed by atoms with E-state index < -0.39 is 0 Å². The van der Waals surface area contributed by atoms with Gasteiger partial charge in [-0.3, -0.25) is 0 Å². The largest absolute Gasteiger partial charge is 0.478 e. The SMILES string of the molecule is COc1nc(-c2cccc(Cl)c2)cnc1N. The van der Waals surface area contributed by atoms with Crippen LogP contribution in [-0.2, 0) is 0 Å². The molecule has 0 aliphatic heterocycles. The summed E-state index contributed by atoms with van der Waals surface area (Å²) in [5.41, 5.74) is 7.13. The molecule has 5 heteroatoms. The van der Waals surface area contributed by atoms with Crippen molar-refractivity contribution < 1.29 is 4.74 Å². The van der Waals surface area contributed by atoms with E-state index in [2.05, 4.69) is 9.97 Å². The minimum Gasteiger partial charge on any atom is -0.478 e. The van der Waals surface area contributed by atoms with Crippen molar-refractivity contribution in [2.24, 2.45) is 0 Å². The fourth-order valence-electron chi connectivity index (χ4n) is 1.32. The number of ether oxygens (including phenoxy) is 1. The van der Waals surface area contributed by atoms with Gasteiger partial charge >= 0.3 is 0 Å². The zero-order valence-electron chi connectivity index (χ0n) is 8.64. The summed E-state index contributed by atoms with van der Waals surface area (Å²) in [6.07, 6.45) is 1.59. The number of hydrogen-bond acceptors (Lipinski definition) is 4. The molecule has 16 heavy (non-hydrogen) atoms. The molecule has 4 nitrogen and oxygen atoms in total. The molecule has 0 saturated heterocycles. The number of benzene rings is 1. The molecule has 0 atom stereocenters. The number of methoxy groups -OCH3 is 1. The molecule has 0 spiro atoms. The highest BCUT2D eigenvalue weighted by Crippen LogP contribution is 2.24. The van der Waals surface area contributed by atoms with Gasteiger partial charge < -0.3 is 10.5 Å². The lowest BCUT2D eigenvalue weighted by Crippen LogP contribution is -1.99. The Labute approximate surface area is 98.0 Å². The number of halogens is 1. The molecule has 0 fully saturated rings. The predicted molar refractivity (Wildman–Crippen MR) is 63.4 cm³/mol. The Morgan fingerprint density at radius 2 is 2.19 bits per heavy atom. The Bertz CT molecular complexity index is 516. The first-order chi connectivity index (χ1) is 7.70. The van der Waals surface area contributed by atoms with Crippen molar-refractivity contribution in [2.75, 3.05) is 12.8 Å². The molecule has 2 aromatic rings. The molecule has 2 rings (SSSR count). The van der Waals surface area contributed by atoms with E-state index >= 15 is 0 Å². The first kappa shape index (κ1) is 10.7. The van der Waals surface area contributed by atoms with Crippen LogP contribution in [0.1, 0.15) is 0 Å². The van der Waals surface area contributed by atoms with E-state index in [0.29, 0.717) is 16.6 Å². The summed E-state index contributed by atoms with van der Waals surface area (Å²) in [6, 6.07) is 7.35. The number of rotatable bonds is 2. The van der Waals surface area contributed by atoms with Crippen LogP contribution in [0, 0.1) is 0 Å². The molecule has 0 radical (unpaired) electrons. The Morgan fingerprint density at radius 1 is 1.38 bits per heavy atom. The van der Waals surface area contributed by atoms with Crippen molar-refractivity contribution in [1.29, 1.82) is 0 Å². The van der Waals surface area contributed by atoms with Crippen LogP contribution in [0.3, 0.4) is 0 Å². The third kappa shape index (κ3) is 2.06. The van der Waals surface area contributed by atoms with Crippen molar-refractivity contribution in [3.8, 4) is 17.1 Å². The number of anilines is 1. The van der Waals surface area contributed by atoms with Crippen LogP contribution in [-0.4, -0.2) is 17.1 Å². The number of aromatic nitrogens is 2. The van der Waals surface area contributed by atoms with E-state index in [9.17, 15) is 0 Å². The molecule has 0 unspecified atom stereocenters. The smallest absolute Gasteiger partial charge is 0.257 e. The highest BCUT2D eigenvalue weighted by molar-refractivity contribution is 6.30. The number of hydrogen-bond donors (Lipinski definition) is 1. The standard InChI is InChI=1S/C11H10ClN3O/c1-16-11-10(13)14-6-9(15-11)7-3-2-4-8(12)5-7/h2-6H,1H3,(H2,13,14). The summed E-state index contributed by atoms with van der Waals surface area (Å²) in [5, 5.41) is 0.648. The molecule has 0 aliphatic carbocycles. The first-order valence-corrected chi connectivity index (χ1v) is 5.01. The van der Waals surface area contributed by atoms with Crippen molar-refractivity contribution >= 4 is 17.4 Å². The molecule has 2 N–H and O–H groups in total. The average molecular weight is 236 g/mol. The molecule has 1 heterocycles. The quantitative estimate of drug-likeness (QED) is 0.868. The summed E-state index contributed by atoms with van der Waals surface area (Å²) in [6.45, 7) is 0. The Hall–Kier alpha value is -1.81. The number of nitrogen functional groups attached to an aromatic ring is 1. The van der Waals surface area contributed by atoms with E-state index in [1.807, 2.05) is 12.1 Å². The van der Waals surface area contributed by atoms with Gasteiger partial charge in [0.2, 0.25) is 0 Å². The van der Waals surface area contributed by atoms with Crippen molar-refractivity contribution in [3.05, 3.63) is 35.5 Å². The third-order valence-electron chi connectivity index (χ3n) is 2.08. The van der Waals surface area contributed by atoms with Crippen molar-refractivity contribution in [3.63, 3.8) is 0 Å². The Balaban J connectivity index is 2.48. The van der Waals surface area contributed by atoms with Crippen molar-refractivity contribution in [2.45, 2.75) is 0 Å². The summed E-state index contributed by atoms with van der Waals surface area (Å²) in [4.78, 5) is 8.24. The Kier molecular flexibility index (Phi) is 2.92. The summed E-state index contributed by atoms with van der Waals surface area (Å²) >= 11 is 5.90. The van der Waals surface area contributed by atoms with Gasteiger partial charge in [-0.2, -0.15) is 0 Å². The maximum absolute atomic E-state index is 5.90. The summed E-state index contributed by atoms with van der Waals surface area (Å²) in [7, 11) is 1.50. The molecular weight excluding hydrogens is 226 g/mol. The fourth-order valence-corrected chi connectivity index (χ4v) is 1.51. The van der Waals surface area contributed by atoms with Crippen LogP contribution in [0.15, 0.2) is 30.5 Å². The van der Waals surface area contributed by atoms with E-state index in [0.717, 1.165) is 5.56 Å². The van der Waals surface area contributed by atoms with Gasteiger partial charge in [-0.25, -0.2) is 9.97 Å². The number of nitrogens with zero attached hydrogens (tertiary/aromatic N) is 2. The molecule has 0 amide bonds. The second-order valence-corrected chi connectivity index (χ2v) is 3.60. The molecular formula is C11H10ClN3O. The third-order valence-corrected chi connectivity index (χ3v) is 2.32. The average Bonchev–Trinajstić information content (AvgIpc) is 2.29. The second-order valence-electron chi connectivity index (χ2n) is 3.16. The van der Waals surface area contributed by atoms with Gasteiger partial charge in [0.05, 0.1) is 19.0 Å². The van der Waals surface area contributed by atoms with Gasteiger partial charge in [-0.1, -0.05) is 23.7 Å². The zero-order chi connectivity index (χ0) is 11.5. The van der Waals surface area contributed by atoms with E-state index in [-0.39, 0.29) is 5.82 Å². The zero-order valence-corrected chi connectivity index (χ0v) is 9.40. The molecule has 1 aromatic carbocycles. The van der Waals surface area contributed by atoms with Crippen molar-refractivity contribution in [1.82, 2.24) is 9.97 Å². The fraction of sp³-hybridized carbons (Fsp3) is 0.0909. The second kappa shape index (κ2) is 4.37. The highest BCUT2D eigenvalue weighted by Gasteiger charge is 2.06. The van der Waals surface area contributed by atoms with Gasteiger partial charge in [0.25, 0.3) is 5.88 Å². The molecule has 0 aliphatic rings. The minimum absolute atomic E-state index is 0.272. The molecule has 82 valence electrons. The van der Waals surface area contributed by atoms with E-state index in [4.69, 9.17) is 22.1 Å². The normalized spacial score (nSPS) is 10.1. The topological polar surface area (TPSA) is 61.0 Å². The predicted octanol–water partition coefficient (Wildman–Crippen LogP) is 2.39. The summed E-state index contributed by atoms with van der Waals surface area (Å²) < 4.78 is 5.01. The number of nitrogens with two attached hydrogens (primary N) is 1. The van der Waals surface area contributed by atoms with E-state index in [1.165, 1.54) is 7.11 Å². The molecule has 1 aromatic heterocycles. The van der Waals surface area contributed by atoms with Crippen LogP contribution in [0.2, 0.25) is 5.02 Å². The van der Waals surface area contributed by atoms with E-state index in [1.54, 1.807) is 18.3 Å².